The summed E-state index contributed by atoms with van der Waals surface area (Å²) in [5.74, 6) is 0.706. The fourth-order valence-corrected chi connectivity index (χ4v) is 4.29. The quantitative estimate of drug-likeness (QED) is 0.303. The van der Waals surface area contributed by atoms with Gasteiger partial charge in [0.05, 0.1) is 13.5 Å². The first-order valence-corrected chi connectivity index (χ1v) is 11.3. The Bertz CT molecular complexity index is 1400. The largest absolute Gasteiger partial charge is 0.496 e. The summed E-state index contributed by atoms with van der Waals surface area (Å²) in [6.07, 6.45) is -5.40. The van der Waals surface area contributed by atoms with Gasteiger partial charge in [0.2, 0.25) is 0 Å². The van der Waals surface area contributed by atoms with Gasteiger partial charge in [-0.05, 0) is 73.4 Å². The van der Waals surface area contributed by atoms with Crippen molar-refractivity contribution in [3.8, 4) is 28.3 Å². The molecule has 1 amide bonds. The van der Waals surface area contributed by atoms with Crippen molar-refractivity contribution in [2.45, 2.75) is 33.4 Å². The second-order valence-electron chi connectivity index (χ2n) is 8.69. The average Bonchev–Trinajstić information content (AvgIpc) is 3.20. The Kier molecular flexibility index (Phi) is 6.88. The van der Waals surface area contributed by atoms with Crippen LogP contribution < -0.4 is 10.1 Å². The van der Waals surface area contributed by atoms with Gasteiger partial charge in [0.1, 0.15) is 17.3 Å². The van der Waals surface area contributed by atoms with E-state index in [4.69, 9.17) is 4.74 Å². The minimum Gasteiger partial charge on any atom is -0.496 e. The number of aromatic amines is 1. The molecule has 0 saturated heterocycles. The maximum Gasteiger partial charge on any atom is 0.393 e. The van der Waals surface area contributed by atoms with E-state index in [0.717, 1.165) is 33.6 Å². The van der Waals surface area contributed by atoms with E-state index in [1.807, 2.05) is 50.2 Å². The lowest BCUT2D eigenvalue weighted by Gasteiger charge is -2.15. The lowest BCUT2D eigenvalue weighted by Crippen LogP contribution is -2.15. The molecule has 0 aliphatic rings. The predicted molar refractivity (Wildman–Crippen MR) is 134 cm³/mol. The number of ether oxygens (including phenoxy) is 1. The van der Waals surface area contributed by atoms with Gasteiger partial charge in [-0.1, -0.05) is 30.3 Å². The van der Waals surface area contributed by atoms with Gasteiger partial charge in [-0.25, -0.2) is 4.98 Å². The van der Waals surface area contributed by atoms with Crippen molar-refractivity contribution >= 4 is 11.6 Å². The van der Waals surface area contributed by atoms with Gasteiger partial charge in [-0.15, -0.1) is 0 Å². The van der Waals surface area contributed by atoms with Gasteiger partial charge in [-0.2, -0.15) is 13.2 Å². The van der Waals surface area contributed by atoms with Crippen LogP contribution in [0, 0.1) is 20.8 Å². The Morgan fingerprint density at radius 1 is 1.00 bits per heavy atom. The van der Waals surface area contributed by atoms with Crippen LogP contribution in [0.4, 0.5) is 18.9 Å². The lowest BCUT2D eigenvalue weighted by molar-refractivity contribution is -0.127. The number of rotatable bonds is 6. The second-order valence-corrected chi connectivity index (χ2v) is 8.69. The molecule has 4 rings (SSSR count). The molecule has 1 aromatic heterocycles. The summed E-state index contributed by atoms with van der Waals surface area (Å²) < 4.78 is 43.8. The minimum absolute atomic E-state index is 0.0667. The number of aryl methyl sites for hydroxylation is 3. The third-order valence-electron chi connectivity index (χ3n) is 5.91. The molecule has 36 heavy (non-hydrogen) atoms. The Morgan fingerprint density at radius 3 is 2.36 bits per heavy atom. The van der Waals surface area contributed by atoms with E-state index >= 15 is 0 Å². The molecule has 0 saturated carbocycles. The number of benzene rings is 3. The molecule has 3 aromatic carbocycles. The zero-order valence-corrected chi connectivity index (χ0v) is 20.4. The number of carbonyl (C=O) groups is 1. The minimum atomic E-state index is -4.33. The maximum absolute atomic E-state index is 12.9. The van der Waals surface area contributed by atoms with Gasteiger partial charge in [-0.3, -0.25) is 4.79 Å². The third-order valence-corrected chi connectivity index (χ3v) is 5.91. The number of hydrogen-bond donors (Lipinski definition) is 2. The van der Waals surface area contributed by atoms with Crippen molar-refractivity contribution in [2.24, 2.45) is 0 Å². The summed E-state index contributed by atoms with van der Waals surface area (Å²) in [4.78, 5) is 20.6. The number of hydrogen-bond acceptors (Lipinski definition) is 3. The molecule has 4 aromatic rings. The number of aromatic nitrogens is 2. The van der Waals surface area contributed by atoms with Gasteiger partial charge in [0.25, 0.3) is 5.91 Å². The number of alkyl halides is 3. The van der Waals surface area contributed by atoms with Crippen LogP contribution in [0.3, 0.4) is 0 Å². The Morgan fingerprint density at radius 2 is 1.69 bits per heavy atom. The number of halogens is 3. The van der Waals surface area contributed by atoms with Crippen LogP contribution in [0.25, 0.3) is 22.5 Å². The van der Waals surface area contributed by atoms with Crippen LogP contribution in [0.5, 0.6) is 5.75 Å². The summed E-state index contributed by atoms with van der Waals surface area (Å²) in [5, 5.41) is 2.65. The molecule has 2 N–H and O–H groups in total. The number of nitrogens with one attached hydrogen (secondary N) is 2. The van der Waals surface area contributed by atoms with Crippen molar-refractivity contribution in [3.05, 3.63) is 88.7 Å². The summed E-state index contributed by atoms with van der Waals surface area (Å²) in [5.41, 5.74) is 5.99. The summed E-state index contributed by atoms with van der Waals surface area (Å²) in [6, 6.07) is 17.5. The molecular formula is C28H26F3N3O2. The fraction of sp³-hybridized carbons (Fsp3) is 0.214. The molecule has 0 atom stereocenters. The normalized spacial score (nSPS) is 11.4. The van der Waals surface area contributed by atoms with E-state index in [-0.39, 0.29) is 16.9 Å². The highest BCUT2D eigenvalue weighted by Gasteiger charge is 2.27. The van der Waals surface area contributed by atoms with Crippen molar-refractivity contribution in [1.29, 1.82) is 0 Å². The van der Waals surface area contributed by atoms with Crippen molar-refractivity contribution in [3.63, 3.8) is 0 Å². The summed E-state index contributed by atoms with van der Waals surface area (Å²) in [6.45, 7) is 5.80. The Labute approximate surface area is 207 Å². The van der Waals surface area contributed by atoms with Crippen molar-refractivity contribution in [1.82, 2.24) is 9.97 Å². The van der Waals surface area contributed by atoms with E-state index in [2.05, 4.69) is 15.3 Å². The first-order chi connectivity index (χ1) is 17.1. The molecule has 0 bridgehead atoms. The number of amides is 1. The molecule has 0 aliphatic heterocycles. The molecule has 186 valence electrons. The topological polar surface area (TPSA) is 67.0 Å². The van der Waals surface area contributed by atoms with Crippen LogP contribution in [-0.2, 0) is 6.42 Å². The standard InChI is InChI=1S/C28H26F3N3O2/c1-16-7-5-8-17(2)24(16)22-14-20(11-12-23(22)36-4)26-32-18(3)25(34-26)27(35)33-21-10-6-9-19(13-21)15-28(29,30)31/h5-14H,15H2,1-4H3,(H,32,34)(H,33,35). The molecule has 0 spiro atoms. The lowest BCUT2D eigenvalue weighted by atomic mass is 9.94. The summed E-state index contributed by atoms with van der Waals surface area (Å²) in [7, 11) is 1.62. The van der Waals surface area contributed by atoms with Crippen molar-refractivity contribution in [2.75, 3.05) is 12.4 Å². The zero-order valence-electron chi connectivity index (χ0n) is 20.4. The summed E-state index contributed by atoms with van der Waals surface area (Å²) >= 11 is 0. The van der Waals surface area contributed by atoms with Crippen molar-refractivity contribution < 1.29 is 22.7 Å². The molecule has 5 nitrogen and oxygen atoms in total. The van der Waals surface area contributed by atoms with Crippen LogP contribution in [0.1, 0.15) is 32.9 Å². The van der Waals surface area contributed by atoms with Gasteiger partial charge in [0.15, 0.2) is 0 Å². The SMILES string of the molecule is COc1ccc(-c2nc(C(=O)Nc3cccc(CC(F)(F)F)c3)c(C)[nH]2)cc1-c1c(C)cccc1C. The Hall–Kier alpha value is -4.07. The first kappa shape index (κ1) is 25.0. The maximum atomic E-state index is 12.9. The zero-order chi connectivity index (χ0) is 26.0. The van der Waals surface area contributed by atoms with E-state index in [1.165, 1.54) is 18.2 Å². The van der Waals surface area contributed by atoms with Crippen LogP contribution in [-0.4, -0.2) is 29.2 Å². The molecule has 0 unspecified atom stereocenters. The average molecular weight is 494 g/mol. The highest BCUT2D eigenvalue weighted by atomic mass is 19.4. The van der Waals surface area contributed by atoms with E-state index in [9.17, 15) is 18.0 Å². The molecule has 8 heteroatoms. The number of nitrogens with zero attached hydrogens (tertiary/aromatic N) is 1. The number of H-pyrrole nitrogens is 1. The number of anilines is 1. The monoisotopic (exact) mass is 493 g/mol. The molecular weight excluding hydrogens is 467 g/mol. The highest BCUT2D eigenvalue weighted by Crippen LogP contribution is 2.37. The second kappa shape index (κ2) is 9.89. The van der Waals surface area contributed by atoms with Crippen LogP contribution in [0.2, 0.25) is 0 Å². The smallest absolute Gasteiger partial charge is 0.393 e. The number of carbonyl (C=O) groups excluding carboxylic acids is 1. The van der Waals surface area contributed by atoms with Gasteiger partial charge >= 0.3 is 6.18 Å². The molecule has 0 fully saturated rings. The molecule has 1 heterocycles. The molecule has 0 aliphatic carbocycles. The number of methoxy groups -OCH3 is 1. The van der Waals surface area contributed by atoms with E-state index in [0.29, 0.717) is 11.5 Å². The van der Waals surface area contributed by atoms with Crippen LogP contribution in [0.15, 0.2) is 60.7 Å². The highest BCUT2D eigenvalue weighted by molar-refractivity contribution is 6.04. The third kappa shape index (κ3) is 5.43. The van der Waals surface area contributed by atoms with Gasteiger partial charge < -0.3 is 15.0 Å². The predicted octanol–water partition coefficient (Wildman–Crippen LogP) is 7.03. The van der Waals surface area contributed by atoms with E-state index < -0.39 is 18.5 Å². The Balaban J connectivity index is 1.64. The van der Waals surface area contributed by atoms with Gasteiger partial charge in [0, 0.05) is 22.5 Å². The first-order valence-electron chi connectivity index (χ1n) is 11.3. The number of imidazole rings is 1. The molecule has 0 radical (unpaired) electrons. The van der Waals surface area contributed by atoms with E-state index in [1.54, 1.807) is 20.1 Å². The van der Waals surface area contributed by atoms with Crippen LogP contribution >= 0.6 is 0 Å². The fourth-order valence-electron chi connectivity index (χ4n) is 4.29.